The molecule has 1 aliphatic rings. The number of aromatic nitrogens is 2. The van der Waals surface area contributed by atoms with Gasteiger partial charge in [-0.15, -0.1) is 0 Å². The van der Waals surface area contributed by atoms with E-state index < -0.39 is 0 Å². The smallest absolute Gasteiger partial charge is 0.246 e. The molecule has 1 fully saturated rings. The molecule has 0 atom stereocenters. The number of nitrogens with zero attached hydrogens (tertiary/aromatic N) is 4. The van der Waals surface area contributed by atoms with Crippen LogP contribution in [0.2, 0.25) is 5.02 Å². The fraction of sp³-hybridized carbons (Fsp3) is 0.176. The van der Waals surface area contributed by atoms with Gasteiger partial charge in [-0.05, 0) is 24.3 Å². The maximum Gasteiger partial charge on any atom is 0.246 e. The summed E-state index contributed by atoms with van der Waals surface area (Å²) in [5.41, 5.74) is 0.949. The molecule has 2 heterocycles. The SMILES string of the molecule is C=CC(=O)N1CC(C(=O)Nc2ccn(-c3ccc(Cl)cc3C#N)n2)C1. The average Bonchev–Trinajstić information content (AvgIpc) is 3.01. The Morgan fingerprint density at radius 2 is 2.16 bits per heavy atom. The van der Waals surface area contributed by atoms with Crippen molar-refractivity contribution in [3.63, 3.8) is 0 Å². The first-order valence-corrected chi connectivity index (χ1v) is 7.87. The van der Waals surface area contributed by atoms with Crippen LogP contribution >= 0.6 is 11.6 Å². The summed E-state index contributed by atoms with van der Waals surface area (Å²) in [6.07, 6.45) is 2.88. The molecule has 25 heavy (non-hydrogen) atoms. The molecular weight excluding hydrogens is 342 g/mol. The first kappa shape index (κ1) is 16.7. The van der Waals surface area contributed by atoms with Crippen molar-refractivity contribution in [2.45, 2.75) is 0 Å². The molecule has 0 saturated carbocycles. The molecule has 1 aromatic heterocycles. The van der Waals surface area contributed by atoms with Crippen LogP contribution in [0.4, 0.5) is 5.82 Å². The summed E-state index contributed by atoms with van der Waals surface area (Å²) in [6, 6.07) is 8.60. The molecule has 3 rings (SSSR count). The van der Waals surface area contributed by atoms with Crippen molar-refractivity contribution in [3.8, 4) is 11.8 Å². The average molecular weight is 356 g/mol. The van der Waals surface area contributed by atoms with Crippen molar-refractivity contribution in [3.05, 3.63) is 53.7 Å². The lowest BCUT2D eigenvalue weighted by Gasteiger charge is -2.37. The van der Waals surface area contributed by atoms with E-state index >= 15 is 0 Å². The minimum absolute atomic E-state index is 0.180. The van der Waals surface area contributed by atoms with E-state index in [9.17, 15) is 14.9 Å². The highest BCUT2D eigenvalue weighted by molar-refractivity contribution is 6.30. The maximum absolute atomic E-state index is 12.2. The Kier molecular flexibility index (Phi) is 4.55. The third kappa shape index (κ3) is 3.39. The van der Waals surface area contributed by atoms with Crippen LogP contribution in [-0.4, -0.2) is 39.6 Å². The van der Waals surface area contributed by atoms with Crippen LogP contribution in [0, 0.1) is 17.2 Å². The van der Waals surface area contributed by atoms with Gasteiger partial charge in [-0.2, -0.15) is 10.4 Å². The lowest BCUT2D eigenvalue weighted by atomic mass is 9.99. The molecule has 7 nitrogen and oxygen atoms in total. The minimum Gasteiger partial charge on any atom is -0.337 e. The lowest BCUT2D eigenvalue weighted by Crippen LogP contribution is -2.53. The number of hydrogen-bond donors (Lipinski definition) is 1. The second-order valence-corrected chi connectivity index (χ2v) is 5.99. The van der Waals surface area contributed by atoms with Gasteiger partial charge < -0.3 is 10.2 Å². The fourth-order valence-corrected chi connectivity index (χ4v) is 2.68. The second kappa shape index (κ2) is 6.79. The van der Waals surface area contributed by atoms with Gasteiger partial charge in [0.15, 0.2) is 5.82 Å². The van der Waals surface area contributed by atoms with E-state index in [-0.39, 0.29) is 17.7 Å². The molecule has 1 aliphatic heterocycles. The molecule has 2 amide bonds. The molecular formula is C17H14ClN5O2. The summed E-state index contributed by atoms with van der Waals surface area (Å²) < 4.78 is 1.50. The Morgan fingerprint density at radius 1 is 1.40 bits per heavy atom. The molecule has 0 radical (unpaired) electrons. The number of benzene rings is 1. The van der Waals surface area contributed by atoms with Gasteiger partial charge in [0.25, 0.3) is 0 Å². The van der Waals surface area contributed by atoms with Crippen molar-refractivity contribution in [1.82, 2.24) is 14.7 Å². The van der Waals surface area contributed by atoms with Gasteiger partial charge in [-0.3, -0.25) is 9.59 Å². The summed E-state index contributed by atoms with van der Waals surface area (Å²) in [5, 5.41) is 16.6. The Hall–Kier alpha value is -3.11. The van der Waals surface area contributed by atoms with E-state index in [0.29, 0.717) is 35.2 Å². The standard InChI is InChI=1S/C17H14ClN5O2/c1-2-16(24)22-9-12(10-22)17(25)20-15-5-6-23(21-15)14-4-3-13(18)7-11(14)8-19/h2-7,12H,1,9-10H2,(H,20,21,25). The van der Waals surface area contributed by atoms with E-state index in [2.05, 4.69) is 23.1 Å². The number of nitriles is 1. The van der Waals surface area contributed by atoms with Gasteiger partial charge in [-0.1, -0.05) is 18.2 Å². The highest BCUT2D eigenvalue weighted by Crippen LogP contribution is 2.21. The number of carbonyl (C=O) groups excluding carboxylic acids is 2. The van der Waals surface area contributed by atoms with Gasteiger partial charge in [-0.25, -0.2) is 4.68 Å². The second-order valence-electron chi connectivity index (χ2n) is 5.55. The van der Waals surface area contributed by atoms with Crippen LogP contribution in [0.15, 0.2) is 43.1 Å². The maximum atomic E-state index is 12.2. The van der Waals surface area contributed by atoms with Crippen molar-refractivity contribution < 1.29 is 9.59 Å². The monoisotopic (exact) mass is 355 g/mol. The normalized spacial score (nSPS) is 13.7. The van der Waals surface area contributed by atoms with Crippen molar-refractivity contribution >= 4 is 29.2 Å². The van der Waals surface area contributed by atoms with E-state index in [4.69, 9.17) is 11.6 Å². The minimum atomic E-state index is -0.265. The third-order valence-corrected chi connectivity index (χ3v) is 4.14. The summed E-state index contributed by atoms with van der Waals surface area (Å²) in [7, 11) is 0. The van der Waals surface area contributed by atoms with Gasteiger partial charge >= 0.3 is 0 Å². The molecule has 0 aliphatic carbocycles. The van der Waals surface area contributed by atoms with E-state index in [0.717, 1.165) is 0 Å². The summed E-state index contributed by atoms with van der Waals surface area (Å²) in [4.78, 5) is 25.1. The quantitative estimate of drug-likeness (QED) is 0.849. The number of halogens is 1. The lowest BCUT2D eigenvalue weighted by molar-refractivity contribution is -0.137. The Morgan fingerprint density at radius 3 is 2.84 bits per heavy atom. The summed E-state index contributed by atoms with van der Waals surface area (Å²) in [5.74, 6) is -0.272. The topological polar surface area (TPSA) is 91.0 Å². The van der Waals surface area contributed by atoms with Gasteiger partial charge in [0.2, 0.25) is 11.8 Å². The Labute approximate surface area is 149 Å². The molecule has 8 heteroatoms. The molecule has 1 aromatic carbocycles. The Balaban J connectivity index is 1.67. The van der Waals surface area contributed by atoms with Crippen LogP contribution in [-0.2, 0) is 9.59 Å². The van der Waals surface area contributed by atoms with E-state index in [1.54, 1.807) is 35.4 Å². The van der Waals surface area contributed by atoms with Crippen molar-refractivity contribution in [1.29, 1.82) is 5.26 Å². The van der Waals surface area contributed by atoms with Gasteiger partial charge in [0, 0.05) is 30.4 Å². The summed E-state index contributed by atoms with van der Waals surface area (Å²) >= 11 is 5.89. The number of rotatable bonds is 4. The third-order valence-electron chi connectivity index (χ3n) is 3.90. The zero-order chi connectivity index (χ0) is 18.0. The zero-order valence-electron chi connectivity index (χ0n) is 13.1. The van der Waals surface area contributed by atoms with Gasteiger partial charge in [0.05, 0.1) is 17.2 Å². The van der Waals surface area contributed by atoms with E-state index in [1.807, 2.05) is 0 Å². The van der Waals surface area contributed by atoms with Crippen LogP contribution in [0.1, 0.15) is 5.56 Å². The predicted molar refractivity (Wildman–Crippen MR) is 92.2 cm³/mol. The van der Waals surface area contributed by atoms with Crippen molar-refractivity contribution in [2.24, 2.45) is 5.92 Å². The predicted octanol–water partition coefficient (Wildman–Crippen LogP) is 1.98. The molecule has 0 unspecified atom stereocenters. The van der Waals surface area contributed by atoms with Crippen molar-refractivity contribution in [2.75, 3.05) is 18.4 Å². The largest absolute Gasteiger partial charge is 0.337 e. The number of likely N-dealkylation sites (tertiary alicyclic amines) is 1. The van der Waals surface area contributed by atoms with E-state index in [1.165, 1.54) is 10.8 Å². The molecule has 0 bridgehead atoms. The number of anilines is 1. The number of carbonyl (C=O) groups is 2. The Bertz CT molecular complexity index is 893. The van der Waals surface area contributed by atoms with Crippen LogP contribution in [0.25, 0.3) is 5.69 Å². The van der Waals surface area contributed by atoms with Crippen LogP contribution in [0.5, 0.6) is 0 Å². The van der Waals surface area contributed by atoms with Gasteiger partial charge in [0.1, 0.15) is 6.07 Å². The molecule has 0 spiro atoms. The fourth-order valence-electron chi connectivity index (χ4n) is 2.50. The number of hydrogen-bond acceptors (Lipinski definition) is 4. The summed E-state index contributed by atoms with van der Waals surface area (Å²) in [6.45, 7) is 4.15. The highest BCUT2D eigenvalue weighted by Gasteiger charge is 2.34. The first-order chi connectivity index (χ1) is 12.0. The molecule has 126 valence electrons. The zero-order valence-corrected chi connectivity index (χ0v) is 13.9. The molecule has 2 aromatic rings. The van der Waals surface area contributed by atoms with Crippen LogP contribution in [0.3, 0.4) is 0 Å². The number of nitrogens with one attached hydrogen (secondary N) is 1. The molecule has 1 N–H and O–H groups in total. The first-order valence-electron chi connectivity index (χ1n) is 7.49. The highest BCUT2D eigenvalue weighted by atomic mass is 35.5. The molecule has 1 saturated heterocycles. The van der Waals surface area contributed by atoms with Crippen LogP contribution < -0.4 is 5.32 Å². The number of amides is 2.